The highest BCUT2D eigenvalue weighted by Crippen LogP contribution is 2.31. The van der Waals surface area contributed by atoms with Crippen LogP contribution in [0.2, 0.25) is 0 Å². The lowest BCUT2D eigenvalue weighted by molar-refractivity contribution is -0.0627. The van der Waals surface area contributed by atoms with Gasteiger partial charge < -0.3 is 4.74 Å². The van der Waals surface area contributed by atoms with Gasteiger partial charge in [-0.15, -0.1) is 0 Å². The number of piperazine rings is 1. The molecular formula is C17H25N5O2. The Labute approximate surface area is 141 Å². The van der Waals surface area contributed by atoms with Gasteiger partial charge in [0.2, 0.25) is 0 Å². The van der Waals surface area contributed by atoms with E-state index in [9.17, 15) is 4.79 Å². The number of aromatic nitrogens is 3. The van der Waals surface area contributed by atoms with Gasteiger partial charge in [0.15, 0.2) is 5.65 Å². The molecule has 24 heavy (non-hydrogen) atoms. The molecule has 2 aliphatic rings. The van der Waals surface area contributed by atoms with Crippen molar-refractivity contribution in [1.29, 1.82) is 0 Å². The van der Waals surface area contributed by atoms with Crippen LogP contribution in [-0.4, -0.2) is 69.8 Å². The van der Waals surface area contributed by atoms with Gasteiger partial charge in [0.1, 0.15) is 0 Å². The van der Waals surface area contributed by atoms with Crippen molar-refractivity contribution in [2.45, 2.75) is 31.8 Å². The number of hydrogen-bond donors (Lipinski definition) is 1. The molecule has 2 aromatic heterocycles. The van der Waals surface area contributed by atoms with E-state index in [0.717, 1.165) is 63.6 Å². The summed E-state index contributed by atoms with van der Waals surface area (Å²) in [6.45, 7) is 7.41. The Morgan fingerprint density at radius 2 is 2.08 bits per heavy atom. The van der Waals surface area contributed by atoms with Crippen molar-refractivity contribution in [2.24, 2.45) is 0 Å². The summed E-state index contributed by atoms with van der Waals surface area (Å²) in [5.41, 5.74) is 2.66. The minimum Gasteiger partial charge on any atom is -0.381 e. The average Bonchev–Trinajstić information content (AvgIpc) is 2.93. The number of likely N-dealkylation sites (N-methyl/N-ethyl adjacent to an activating group) is 1. The normalized spacial score (nSPS) is 22.4. The third-order valence-corrected chi connectivity index (χ3v) is 5.52. The molecule has 0 atom stereocenters. The Hall–Kier alpha value is -1.70. The van der Waals surface area contributed by atoms with Gasteiger partial charge in [0, 0.05) is 62.8 Å². The third kappa shape index (κ3) is 2.76. The first-order chi connectivity index (χ1) is 11.6. The summed E-state index contributed by atoms with van der Waals surface area (Å²) in [6, 6.07) is 3.56. The zero-order chi connectivity index (χ0) is 16.7. The van der Waals surface area contributed by atoms with E-state index in [1.165, 1.54) is 4.52 Å². The van der Waals surface area contributed by atoms with Gasteiger partial charge in [-0.3, -0.25) is 19.7 Å². The number of rotatable bonds is 2. The van der Waals surface area contributed by atoms with Crippen molar-refractivity contribution in [3.05, 3.63) is 33.9 Å². The molecule has 7 nitrogen and oxygen atoms in total. The van der Waals surface area contributed by atoms with E-state index in [1.807, 2.05) is 13.0 Å². The third-order valence-electron chi connectivity index (χ3n) is 5.52. The van der Waals surface area contributed by atoms with Gasteiger partial charge in [-0.1, -0.05) is 0 Å². The highest BCUT2D eigenvalue weighted by Gasteiger charge is 2.40. The molecule has 0 saturated carbocycles. The molecule has 0 radical (unpaired) electrons. The van der Waals surface area contributed by atoms with Crippen molar-refractivity contribution < 1.29 is 4.74 Å². The van der Waals surface area contributed by atoms with E-state index in [2.05, 4.69) is 26.9 Å². The molecule has 4 heterocycles. The van der Waals surface area contributed by atoms with Crippen LogP contribution in [0.1, 0.15) is 24.2 Å². The molecule has 7 heteroatoms. The van der Waals surface area contributed by atoms with Crippen molar-refractivity contribution in [1.82, 2.24) is 24.4 Å². The largest absolute Gasteiger partial charge is 0.381 e. The summed E-state index contributed by atoms with van der Waals surface area (Å²) >= 11 is 0. The van der Waals surface area contributed by atoms with E-state index < -0.39 is 0 Å². The van der Waals surface area contributed by atoms with E-state index in [0.29, 0.717) is 5.65 Å². The number of nitrogens with zero attached hydrogens (tertiary/aromatic N) is 4. The molecule has 2 saturated heterocycles. The Bertz CT molecular complexity index is 790. The Balaban J connectivity index is 1.55. The summed E-state index contributed by atoms with van der Waals surface area (Å²) in [5.74, 6) is 0. The van der Waals surface area contributed by atoms with Gasteiger partial charge >= 0.3 is 0 Å². The van der Waals surface area contributed by atoms with E-state index in [4.69, 9.17) is 4.74 Å². The predicted octanol–water partition coefficient (Wildman–Crippen LogP) is 0.628. The van der Waals surface area contributed by atoms with Crippen LogP contribution >= 0.6 is 0 Å². The molecule has 2 fully saturated rings. The van der Waals surface area contributed by atoms with Gasteiger partial charge in [0.05, 0.1) is 5.69 Å². The molecule has 0 unspecified atom stereocenters. The minimum absolute atomic E-state index is 0.0435. The van der Waals surface area contributed by atoms with Crippen LogP contribution in [0.5, 0.6) is 0 Å². The predicted molar refractivity (Wildman–Crippen MR) is 91.2 cm³/mol. The summed E-state index contributed by atoms with van der Waals surface area (Å²) in [6.07, 6.45) is 2.15. The van der Waals surface area contributed by atoms with Crippen LogP contribution in [-0.2, 0) is 11.3 Å². The maximum atomic E-state index is 12.3. The number of hydrogen-bond acceptors (Lipinski definition) is 5. The van der Waals surface area contributed by atoms with Crippen molar-refractivity contribution in [3.63, 3.8) is 0 Å². The fourth-order valence-corrected chi connectivity index (χ4v) is 4.04. The SMILES string of the molecule is Cc1cc2nc(CN3CCN(C)C4(CCOCC4)C3)cc(=O)n2[nH]1. The van der Waals surface area contributed by atoms with Crippen LogP contribution in [0.4, 0.5) is 0 Å². The van der Waals surface area contributed by atoms with E-state index in [1.54, 1.807) is 6.07 Å². The average molecular weight is 331 g/mol. The minimum atomic E-state index is -0.0435. The summed E-state index contributed by atoms with van der Waals surface area (Å²) in [7, 11) is 2.22. The molecule has 0 amide bonds. The Morgan fingerprint density at radius 3 is 2.88 bits per heavy atom. The summed E-state index contributed by atoms with van der Waals surface area (Å²) < 4.78 is 7.06. The Kier molecular flexibility index (Phi) is 3.94. The fourth-order valence-electron chi connectivity index (χ4n) is 4.04. The second-order valence-corrected chi connectivity index (χ2v) is 7.19. The first kappa shape index (κ1) is 15.8. The van der Waals surface area contributed by atoms with Gasteiger partial charge in [0.25, 0.3) is 5.56 Å². The molecule has 4 rings (SSSR count). The summed E-state index contributed by atoms with van der Waals surface area (Å²) in [5, 5.41) is 3.02. The number of aryl methyl sites for hydroxylation is 1. The Morgan fingerprint density at radius 1 is 1.29 bits per heavy atom. The van der Waals surface area contributed by atoms with Crippen molar-refractivity contribution >= 4 is 5.65 Å². The second-order valence-electron chi connectivity index (χ2n) is 7.19. The first-order valence-corrected chi connectivity index (χ1v) is 8.65. The van der Waals surface area contributed by atoms with Crippen LogP contribution in [0, 0.1) is 6.92 Å². The topological polar surface area (TPSA) is 65.9 Å². The van der Waals surface area contributed by atoms with Gasteiger partial charge in [-0.05, 0) is 26.8 Å². The highest BCUT2D eigenvalue weighted by molar-refractivity contribution is 5.39. The number of H-pyrrole nitrogens is 1. The summed E-state index contributed by atoms with van der Waals surface area (Å²) in [4.78, 5) is 21.8. The maximum absolute atomic E-state index is 12.3. The molecular weight excluding hydrogens is 306 g/mol. The molecule has 130 valence electrons. The van der Waals surface area contributed by atoms with Crippen molar-refractivity contribution in [3.8, 4) is 0 Å². The lowest BCUT2D eigenvalue weighted by atomic mass is 9.86. The molecule has 1 spiro atoms. The number of ether oxygens (including phenoxy) is 1. The monoisotopic (exact) mass is 331 g/mol. The van der Waals surface area contributed by atoms with E-state index in [-0.39, 0.29) is 11.1 Å². The van der Waals surface area contributed by atoms with Gasteiger partial charge in [-0.25, -0.2) is 9.50 Å². The number of aromatic amines is 1. The fraction of sp³-hybridized carbons (Fsp3) is 0.647. The zero-order valence-corrected chi connectivity index (χ0v) is 14.4. The van der Waals surface area contributed by atoms with Crippen LogP contribution in [0.15, 0.2) is 16.9 Å². The zero-order valence-electron chi connectivity index (χ0n) is 14.4. The van der Waals surface area contributed by atoms with Crippen LogP contribution in [0.25, 0.3) is 5.65 Å². The molecule has 0 aliphatic carbocycles. The maximum Gasteiger partial charge on any atom is 0.272 e. The quantitative estimate of drug-likeness (QED) is 0.874. The molecule has 1 N–H and O–H groups in total. The lowest BCUT2D eigenvalue weighted by Gasteiger charge is -2.51. The van der Waals surface area contributed by atoms with Crippen molar-refractivity contribution in [2.75, 3.05) is 39.9 Å². The van der Waals surface area contributed by atoms with Crippen LogP contribution in [0.3, 0.4) is 0 Å². The standard InChI is InChI=1S/C17H25N5O2/c1-13-9-15-18-14(10-16(23)22(15)19-13)11-21-6-5-20(2)17(12-21)3-7-24-8-4-17/h9-10,19H,3-8,11-12H2,1-2H3. The number of fused-ring (bicyclic) bond motifs is 1. The first-order valence-electron chi connectivity index (χ1n) is 8.65. The van der Waals surface area contributed by atoms with Crippen LogP contribution < -0.4 is 5.56 Å². The molecule has 0 bridgehead atoms. The second kappa shape index (κ2) is 5.98. The molecule has 2 aromatic rings. The van der Waals surface area contributed by atoms with Gasteiger partial charge in [-0.2, -0.15) is 0 Å². The number of nitrogens with one attached hydrogen (secondary N) is 1. The van der Waals surface area contributed by atoms with E-state index >= 15 is 0 Å². The smallest absolute Gasteiger partial charge is 0.272 e. The molecule has 2 aliphatic heterocycles. The molecule has 0 aromatic carbocycles. The lowest BCUT2D eigenvalue weighted by Crippen LogP contribution is -2.62. The highest BCUT2D eigenvalue weighted by atomic mass is 16.5.